The van der Waals surface area contributed by atoms with E-state index < -0.39 is 0 Å². The number of nitrogens with one attached hydrogen (secondary N) is 2. The van der Waals surface area contributed by atoms with Crippen LogP contribution in [-0.4, -0.2) is 10.9 Å². The third-order valence-electron chi connectivity index (χ3n) is 2.52. The van der Waals surface area contributed by atoms with Gasteiger partial charge in [0.25, 0.3) is 5.91 Å². The first-order chi connectivity index (χ1) is 9.10. The number of aryl methyl sites for hydroxylation is 1. The van der Waals surface area contributed by atoms with Crippen LogP contribution in [-0.2, 0) is 0 Å². The Morgan fingerprint density at radius 2 is 2.16 bits per heavy atom. The number of hydrogen-bond acceptors (Lipinski definition) is 4. The minimum atomic E-state index is -0.303. The molecule has 0 atom stereocenters. The molecule has 0 fully saturated rings. The number of benzene rings is 1. The van der Waals surface area contributed by atoms with Crippen molar-refractivity contribution in [3.8, 4) is 0 Å². The number of nitrogen functional groups attached to an aromatic ring is 1. The van der Waals surface area contributed by atoms with Gasteiger partial charge in [0.1, 0.15) is 0 Å². The lowest BCUT2D eigenvalue weighted by molar-refractivity contribution is 0.102. The largest absolute Gasteiger partial charge is 0.323 e. The summed E-state index contributed by atoms with van der Waals surface area (Å²) in [5.41, 5.74) is 4.76. The summed E-state index contributed by atoms with van der Waals surface area (Å²) in [6.45, 7) is 1.82. The van der Waals surface area contributed by atoms with E-state index in [0.717, 1.165) is 5.69 Å². The van der Waals surface area contributed by atoms with E-state index in [-0.39, 0.29) is 5.91 Å². The summed E-state index contributed by atoms with van der Waals surface area (Å²) >= 11 is 5.86. The van der Waals surface area contributed by atoms with Gasteiger partial charge in [-0.3, -0.25) is 15.6 Å². The van der Waals surface area contributed by atoms with Gasteiger partial charge in [0.2, 0.25) is 0 Å². The van der Waals surface area contributed by atoms with Crippen LogP contribution in [0, 0.1) is 6.92 Å². The lowest BCUT2D eigenvalue weighted by Crippen LogP contribution is -2.18. The van der Waals surface area contributed by atoms with E-state index in [2.05, 4.69) is 15.7 Å². The maximum absolute atomic E-state index is 12.1. The molecule has 0 saturated carbocycles. The molecule has 0 spiro atoms. The van der Waals surface area contributed by atoms with E-state index in [9.17, 15) is 4.79 Å². The van der Waals surface area contributed by atoms with Crippen molar-refractivity contribution in [2.24, 2.45) is 5.84 Å². The Labute approximate surface area is 115 Å². The van der Waals surface area contributed by atoms with E-state index in [4.69, 9.17) is 17.4 Å². The molecule has 1 aromatic carbocycles. The maximum Gasteiger partial charge on any atom is 0.259 e. The van der Waals surface area contributed by atoms with Crippen molar-refractivity contribution in [3.05, 3.63) is 52.8 Å². The van der Waals surface area contributed by atoms with Crippen molar-refractivity contribution >= 4 is 28.9 Å². The molecule has 4 N–H and O–H groups in total. The van der Waals surface area contributed by atoms with E-state index in [0.29, 0.717) is 22.0 Å². The highest BCUT2D eigenvalue weighted by Crippen LogP contribution is 2.19. The average Bonchev–Trinajstić information content (AvgIpc) is 2.38. The minimum absolute atomic E-state index is 0.303. The minimum Gasteiger partial charge on any atom is -0.323 e. The first-order valence-corrected chi connectivity index (χ1v) is 5.98. The van der Waals surface area contributed by atoms with Crippen LogP contribution in [0.5, 0.6) is 0 Å². The van der Waals surface area contributed by atoms with Crippen LogP contribution in [0.2, 0.25) is 5.02 Å². The molecule has 0 aliphatic carbocycles. The fraction of sp³-hybridized carbons (Fsp3) is 0.0769. The van der Waals surface area contributed by atoms with Crippen molar-refractivity contribution in [1.82, 2.24) is 4.98 Å². The smallest absolute Gasteiger partial charge is 0.259 e. The predicted octanol–water partition coefficient (Wildman–Crippen LogP) is 2.58. The summed E-state index contributed by atoms with van der Waals surface area (Å²) in [4.78, 5) is 16.2. The highest BCUT2D eigenvalue weighted by molar-refractivity contribution is 6.31. The van der Waals surface area contributed by atoms with Crippen LogP contribution in [0.4, 0.5) is 11.4 Å². The maximum atomic E-state index is 12.1. The molecule has 98 valence electrons. The Hall–Kier alpha value is -2.11. The number of rotatable bonds is 3. The van der Waals surface area contributed by atoms with Crippen molar-refractivity contribution < 1.29 is 4.79 Å². The van der Waals surface area contributed by atoms with Crippen molar-refractivity contribution in [2.45, 2.75) is 6.92 Å². The molecule has 19 heavy (non-hydrogen) atoms. The predicted molar refractivity (Wildman–Crippen MR) is 76.2 cm³/mol. The normalized spacial score (nSPS) is 10.1. The second-order valence-electron chi connectivity index (χ2n) is 3.98. The van der Waals surface area contributed by atoms with Gasteiger partial charge >= 0.3 is 0 Å². The van der Waals surface area contributed by atoms with Crippen molar-refractivity contribution in [1.29, 1.82) is 0 Å². The molecule has 1 heterocycles. The third-order valence-corrected chi connectivity index (χ3v) is 2.76. The number of nitrogens with two attached hydrogens (primary N) is 1. The Balaban J connectivity index is 2.25. The number of halogens is 1. The van der Waals surface area contributed by atoms with Gasteiger partial charge in [-0.2, -0.15) is 0 Å². The van der Waals surface area contributed by atoms with Crippen molar-refractivity contribution in [2.75, 3.05) is 10.7 Å². The summed E-state index contributed by atoms with van der Waals surface area (Å²) < 4.78 is 0. The number of amides is 1. The van der Waals surface area contributed by atoms with E-state index in [1.807, 2.05) is 6.92 Å². The molecule has 1 amide bonds. The Morgan fingerprint density at radius 3 is 2.84 bits per heavy atom. The van der Waals surface area contributed by atoms with Gasteiger partial charge in [0.05, 0.1) is 11.3 Å². The fourth-order valence-electron chi connectivity index (χ4n) is 1.62. The molecular formula is C13H13ClN4O. The molecule has 0 aliphatic heterocycles. The summed E-state index contributed by atoms with van der Waals surface area (Å²) in [7, 11) is 0. The van der Waals surface area contributed by atoms with Gasteiger partial charge in [-0.05, 0) is 31.2 Å². The monoisotopic (exact) mass is 276 g/mol. The molecule has 0 aliphatic rings. The SMILES string of the molecule is Cc1cc(NN)c(C(=O)Nc2cccc(Cl)c2)cn1. The number of aromatic nitrogens is 1. The molecule has 2 rings (SSSR count). The van der Waals surface area contributed by atoms with Gasteiger partial charge < -0.3 is 10.7 Å². The van der Waals surface area contributed by atoms with Gasteiger partial charge in [-0.25, -0.2) is 0 Å². The molecule has 6 heteroatoms. The van der Waals surface area contributed by atoms with Crippen LogP contribution in [0.15, 0.2) is 36.5 Å². The van der Waals surface area contributed by atoms with E-state index in [1.54, 1.807) is 30.3 Å². The van der Waals surface area contributed by atoms with Crippen LogP contribution >= 0.6 is 11.6 Å². The van der Waals surface area contributed by atoms with Gasteiger partial charge in [0.15, 0.2) is 0 Å². The lowest BCUT2D eigenvalue weighted by Gasteiger charge is -2.10. The number of anilines is 2. The molecule has 5 nitrogen and oxygen atoms in total. The second-order valence-corrected chi connectivity index (χ2v) is 4.42. The highest BCUT2D eigenvalue weighted by Gasteiger charge is 2.12. The van der Waals surface area contributed by atoms with Crippen LogP contribution in [0.3, 0.4) is 0 Å². The van der Waals surface area contributed by atoms with E-state index in [1.165, 1.54) is 6.20 Å². The Bertz CT molecular complexity index is 615. The zero-order chi connectivity index (χ0) is 13.8. The molecule has 1 aromatic heterocycles. The summed E-state index contributed by atoms with van der Waals surface area (Å²) in [6.07, 6.45) is 1.48. The van der Waals surface area contributed by atoms with Gasteiger partial charge in [-0.15, -0.1) is 0 Å². The molecule has 0 unspecified atom stereocenters. The Morgan fingerprint density at radius 1 is 1.37 bits per heavy atom. The molecule has 2 aromatic rings. The zero-order valence-electron chi connectivity index (χ0n) is 10.3. The molecule has 0 bridgehead atoms. The highest BCUT2D eigenvalue weighted by atomic mass is 35.5. The average molecular weight is 277 g/mol. The van der Waals surface area contributed by atoms with Gasteiger partial charge in [0, 0.05) is 22.6 Å². The quantitative estimate of drug-likeness (QED) is 0.595. The summed E-state index contributed by atoms with van der Waals surface area (Å²) in [5, 5.41) is 3.29. The van der Waals surface area contributed by atoms with Crippen LogP contribution in [0.25, 0.3) is 0 Å². The summed E-state index contributed by atoms with van der Waals surface area (Å²) in [5.74, 6) is 5.09. The summed E-state index contributed by atoms with van der Waals surface area (Å²) in [6, 6.07) is 8.61. The fourth-order valence-corrected chi connectivity index (χ4v) is 1.82. The first-order valence-electron chi connectivity index (χ1n) is 5.60. The number of hydrogen-bond donors (Lipinski definition) is 3. The molecular weight excluding hydrogens is 264 g/mol. The number of carbonyl (C=O) groups is 1. The molecule has 0 saturated heterocycles. The number of carbonyl (C=O) groups excluding carboxylic acids is 1. The van der Waals surface area contributed by atoms with Crippen LogP contribution < -0.4 is 16.6 Å². The number of hydrazine groups is 1. The van der Waals surface area contributed by atoms with Crippen molar-refractivity contribution in [3.63, 3.8) is 0 Å². The third kappa shape index (κ3) is 3.21. The van der Waals surface area contributed by atoms with Crippen LogP contribution in [0.1, 0.15) is 16.1 Å². The number of nitrogens with zero attached hydrogens (tertiary/aromatic N) is 1. The second kappa shape index (κ2) is 5.69. The Kier molecular flexibility index (Phi) is 3.99. The van der Waals surface area contributed by atoms with Gasteiger partial charge in [-0.1, -0.05) is 17.7 Å². The first kappa shape index (κ1) is 13.3. The lowest BCUT2D eigenvalue weighted by atomic mass is 10.2. The number of pyridine rings is 1. The topological polar surface area (TPSA) is 80.0 Å². The standard InChI is InChI=1S/C13H13ClN4O/c1-8-5-12(18-15)11(7-16-8)13(19)17-10-4-2-3-9(14)6-10/h2-7H,15H2,1H3,(H,16,18)(H,17,19). The van der Waals surface area contributed by atoms with E-state index >= 15 is 0 Å². The molecule has 0 radical (unpaired) electrons. The zero-order valence-corrected chi connectivity index (χ0v) is 11.0.